The summed E-state index contributed by atoms with van der Waals surface area (Å²) in [4.78, 5) is 54.8. The third kappa shape index (κ3) is 7.11. The molecule has 0 aliphatic rings. The van der Waals surface area contributed by atoms with Gasteiger partial charge in [-0.2, -0.15) is 0 Å². The van der Waals surface area contributed by atoms with Crippen LogP contribution in [0.2, 0.25) is 0 Å². The van der Waals surface area contributed by atoms with Crippen molar-refractivity contribution < 1.29 is 19.1 Å². The first-order chi connectivity index (χ1) is 16.0. The number of amides is 2. The number of aromatic amines is 1. The van der Waals surface area contributed by atoms with Crippen LogP contribution < -0.4 is 16.2 Å². The monoisotopic (exact) mass is 468 g/mol. The van der Waals surface area contributed by atoms with Crippen LogP contribution in [0.3, 0.4) is 0 Å². The Morgan fingerprint density at radius 2 is 1.91 bits per heavy atom. The predicted octanol–water partition coefficient (Wildman–Crippen LogP) is 3.61. The number of hydrogen-bond donors (Lipinski definition) is 3. The molecule has 2 amide bonds. The standard InChI is InChI=1S/C23H24N4O5S/c1-2-3-13-32-22(31)15-6-8-16(9-7-15)25-19(28)11-10-17-14-33-23(26-17)27-21(30)18-5-4-12-24-20(18)29/h4-9,12,14H,2-3,10-11,13H2,1H3,(H,24,29)(H,25,28)(H,26,27,30). The zero-order valence-electron chi connectivity index (χ0n) is 18.1. The van der Waals surface area contributed by atoms with Gasteiger partial charge in [-0.3, -0.25) is 19.7 Å². The first-order valence-corrected chi connectivity index (χ1v) is 11.3. The minimum atomic E-state index is -0.548. The van der Waals surface area contributed by atoms with Crippen molar-refractivity contribution in [3.63, 3.8) is 0 Å². The first kappa shape index (κ1) is 23.9. The lowest BCUT2D eigenvalue weighted by Gasteiger charge is -2.07. The number of anilines is 2. The molecule has 0 radical (unpaired) electrons. The number of carbonyl (C=O) groups excluding carboxylic acids is 3. The lowest BCUT2D eigenvalue weighted by molar-refractivity contribution is -0.116. The Morgan fingerprint density at radius 3 is 2.64 bits per heavy atom. The second-order valence-electron chi connectivity index (χ2n) is 7.13. The van der Waals surface area contributed by atoms with Gasteiger partial charge >= 0.3 is 5.97 Å². The molecule has 9 nitrogen and oxygen atoms in total. The van der Waals surface area contributed by atoms with Crippen LogP contribution in [0.5, 0.6) is 0 Å². The van der Waals surface area contributed by atoms with Crippen molar-refractivity contribution >= 4 is 39.9 Å². The zero-order valence-corrected chi connectivity index (χ0v) is 18.9. The number of nitrogens with one attached hydrogen (secondary N) is 3. The van der Waals surface area contributed by atoms with Crippen LogP contribution in [0.25, 0.3) is 0 Å². The van der Waals surface area contributed by atoms with E-state index in [1.165, 1.54) is 23.6 Å². The smallest absolute Gasteiger partial charge is 0.338 e. The Kier molecular flexibility index (Phi) is 8.48. The van der Waals surface area contributed by atoms with Crippen molar-refractivity contribution in [2.75, 3.05) is 17.2 Å². The molecule has 3 aromatic rings. The minimum absolute atomic E-state index is 0.00568. The number of thiazole rings is 1. The minimum Gasteiger partial charge on any atom is -0.462 e. The molecule has 2 aromatic heterocycles. The van der Waals surface area contributed by atoms with Gasteiger partial charge in [0.25, 0.3) is 11.5 Å². The highest BCUT2D eigenvalue weighted by Gasteiger charge is 2.13. The maximum atomic E-state index is 12.3. The van der Waals surface area contributed by atoms with Crippen LogP contribution in [-0.2, 0) is 16.0 Å². The molecule has 0 spiro atoms. The molecule has 3 rings (SSSR count). The number of nitrogens with zero attached hydrogens (tertiary/aromatic N) is 1. The van der Waals surface area contributed by atoms with Crippen LogP contribution in [0.4, 0.5) is 10.8 Å². The Morgan fingerprint density at radius 1 is 1.12 bits per heavy atom. The number of pyridine rings is 1. The SMILES string of the molecule is CCCCOC(=O)c1ccc(NC(=O)CCc2csc(NC(=O)c3ccc[nH]c3=O)n2)cc1. The van der Waals surface area contributed by atoms with Crippen LogP contribution in [0, 0.1) is 0 Å². The fraction of sp³-hybridized carbons (Fsp3) is 0.261. The summed E-state index contributed by atoms with van der Waals surface area (Å²) >= 11 is 1.21. The van der Waals surface area contributed by atoms with Crippen LogP contribution >= 0.6 is 11.3 Å². The molecule has 0 aliphatic heterocycles. The van der Waals surface area contributed by atoms with E-state index in [0.717, 1.165) is 12.8 Å². The maximum Gasteiger partial charge on any atom is 0.338 e. The van der Waals surface area contributed by atoms with Crippen LogP contribution in [0.1, 0.15) is 52.6 Å². The highest BCUT2D eigenvalue weighted by Crippen LogP contribution is 2.18. The van der Waals surface area contributed by atoms with E-state index in [-0.39, 0.29) is 23.9 Å². The summed E-state index contributed by atoms with van der Waals surface area (Å²) in [7, 11) is 0. The molecular weight excluding hydrogens is 444 g/mol. The molecular formula is C23H24N4O5S. The number of H-pyrrole nitrogens is 1. The molecule has 0 aliphatic carbocycles. The fourth-order valence-electron chi connectivity index (χ4n) is 2.79. The Bertz CT molecular complexity index is 1170. The third-order valence-corrected chi connectivity index (χ3v) is 5.39. The summed E-state index contributed by atoms with van der Waals surface area (Å²) < 4.78 is 5.16. The molecule has 1 aromatic carbocycles. The third-order valence-electron chi connectivity index (χ3n) is 4.58. The highest BCUT2D eigenvalue weighted by molar-refractivity contribution is 7.14. The maximum absolute atomic E-state index is 12.3. The Labute approximate surface area is 194 Å². The van der Waals surface area contributed by atoms with Gasteiger partial charge in [0.2, 0.25) is 5.91 Å². The summed E-state index contributed by atoms with van der Waals surface area (Å²) in [5.74, 6) is -1.14. The number of carbonyl (C=O) groups is 3. The number of rotatable bonds is 10. The predicted molar refractivity (Wildman–Crippen MR) is 126 cm³/mol. The average molecular weight is 469 g/mol. The van der Waals surface area contributed by atoms with E-state index in [9.17, 15) is 19.2 Å². The molecule has 3 N–H and O–H groups in total. The first-order valence-electron chi connectivity index (χ1n) is 10.5. The van der Waals surface area contributed by atoms with Gasteiger partial charge < -0.3 is 15.0 Å². The van der Waals surface area contributed by atoms with Gasteiger partial charge in [-0.25, -0.2) is 9.78 Å². The summed E-state index contributed by atoms with van der Waals surface area (Å²) in [6.07, 6.45) is 3.79. The molecule has 0 bridgehead atoms. The largest absolute Gasteiger partial charge is 0.462 e. The molecule has 10 heteroatoms. The van der Waals surface area contributed by atoms with Gasteiger partial charge in [0.05, 0.1) is 17.9 Å². The molecule has 0 saturated carbocycles. The topological polar surface area (TPSA) is 130 Å². The normalized spacial score (nSPS) is 10.5. The van der Waals surface area contributed by atoms with Gasteiger partial charge in [-0.05, 0) is 49.2 Å². The second-order valence-corrected chi connectivity index (χ2v) is 7.98. The average Bonchev–Trinajstić information content (AvgIpc) is 3.25. The van der Waals surface area contributed by atoms with Crippen molar-refractivity contribution in [1.29, 1.82) is 0 Å². The van der Waals surface area contributed by atoms with E-state index in [1.54, 1.807) is 35.7 Å². The number of ether oxygens (including phenoxy) is 1. The summed E-state index contributed by atoms with van der Waals surface area (Å²) in [5, 5.41) is 7.46. The Balaban J connectivity index is 1.46. The molecule has 33 heavy (non-hydrogen) atoms. The quantitative estimate of drug-likeness (QED) is 0.308. The van der Waals surface area contributed by atoms with Crippen molar-refractivity contribution in [1.82, 2.24) is 9.97 Å². The summed E-state index contributed by atoms with van der Waals surface area (Å²) in [5.41, 5.74) is 1.17. The van der Waals surface area contributed by atoms with Crippen molar-refractivity contribution in [3.8, 4) is 0 Å². The molecule has 0 fully saturated rings. The van der Waals surface area contributed by atoms with E-state index in [4.69, 9.17) is 4.74 Å². The van der Waals surface area contributed by atoms with Crippen molar-refractivity contribution in [2.24, 2.45) is 0 Å². The van der Waals surface area contributed by atoms with Crippen LogP contribution in [-0.4, -0.2) is 34.4 Å². The number of unbranched alkanes of at least 4 members (excludes halogenated alkanes) is 1. The van der Waals surface area contributed by atoms with E-state index in [1.807, 2.05) is 6.92 Å². The lowest BCUT2D eigenvalue weighted by Crippen LogP contribution is -2.22. The molecule has 0 saturated heterocycles. The fourth-order valence-corrected chi connectivity index (χ4v) is 3.53. The number of aromatic nitrogens is 2. The van der Waals surface area contributed by atoms with Gasteiger partial charge in [0.15, 0.2) is 5.13 Å². The number of hydrogen-bond acceptors (Lipinski definition) is 7. The van der Waals surface area contributed by atoms with Crippen molar-refractivity contribution in [3.05, 3.63) is 75.1 Å². The number of esters is 1. The van der Waals surface area contributed by atoms with Crippen LogP contribution in [0.15, 0.2) is 52.8 Å². The highest BCUT2D eigenvalue weighted by atomic mass is 32.1. The lowest BCUT2D eigenvalue weighted by atomic mass is 10.2. The van der Waals surface area contributed by atoms with Crippen molar-refractivity contribution in [2.45, 2.75) is 32.6 Å². The summed E-state index contributed by atoms with van der Waals surface area (Å²) in [6, 6.07) is 9.50. The van der Waals surface area contributed by atoms with Gasteiger partial charge in [0.1, 0.15) is 5.56 Å². The molecule has 172 valence electrons. The molecule has 0 unspecified atom stereocenters. The second kappa shape index (κ2) is 11.7. The van der Waals surface area contributed by atoms with Gasteiger partial charge in [0, 0.05) is 23.7 Å². The van der Waals surface area contributed by atoms with E-state index < -0.39 is 11.5 Å². The molecule has 2 heterocycles. The summed E-state index contributed by atoms with van der Waals surface area (Å²) in [6.45, 7) is 2.41. The van der Waals surface area contributed by atoms with E-state index in [2.05, 4.69) is 20.6 Å². The molecule has 0 atom stereocenters. The van der Waals surface area contributed by atoms with E-state index >= 15 is 0 Å². The number of benzene rings is 1. The Hall–Kier alpha value is -3.79. The van der Waals surface area contributed by atoms with Gasteiger partial charge in [-0.1, -0.05) is 13.3 Å². The number of aryl methyl sites for hydroxylation is 1. The zero-order chi connectivity index (χ0) is 23.6. The van der Waals surface area contributed by atoms with Gasteiger partial charge in [-0.15, -0.1) is 11.3 Å². The van der Waals surface area contributed by atoms with E-state index in [0.29, 0.717) is 35.1 Å².